The zero-order chi connectivity index (χ0) is 19.6. The highest BCUT2D eigenvalue weighted by atomic mass is 16.2. The van der Waals surface area contributed by atoms with Crippen LogP contribution in [-0.2, 0) is 4.79 Å². The van der Waals surface area contributed by atoms with Crippen molar-refractivity contribution in [2.45, 2.75) is 39.5 Å². The topological polar surface area (TPSA) is 62.2 Å². The van der Waals surface area contributed by atoms with Crippen molar-refractivity contribution in [2.75, 3.05) is 32.1 Å². The Morgan fingerprint density at radius 1 is 1.26 bits per heavy atom. The Kier molecular flexibility index (Phi) is 5.44. The van der Waals surface area contributed by atoms with Gasteiger partial charge in [0.1, 0.15) is 5.82 Å². The van der Waals surface area contributed by atoms with Crippen molar-refractivity contribution in [1.29, 1.82) is 0 Å². The number of carbonyl (C=O) groups excluding carboxylic acids is 1. The Labute approximate surface area is 161 Å². The summed E-state index contributed by atoms with van der Waals surface area (Å²) in [5.74, 6) is 1.99. The van der Waals surface area contributed by atoms with E-state index < -0.39 is 0 Å². The third-order valence-corrected chi connectivity index (χ3v) is 4.88. The smallest absolute Gasteiger partial charge is 0.227 e. The molecule has 27 heavy (non-hydrogen) atoms. The van der Waals surface area contributed by atoms with Crippen LogP contribution < -0.4 is 4.90 Å². The zero-order valence-electron chi connectivity index (χ0n) is 16.9. The molecule has 0 aliphatic carbocycles. The molecular weight excluding hydrogens is 338 g/mol. The molecule has 0 N–H and O–H groups in total. The van der Waals surface area contributed by atoms with Gasteiger partial charge in [0.15, 0.2) is 5.82 Å². The largest absolute Gasteiger partial charge is 0.363 e. The summed E-state index contributed by atoms with van der Waals surface area (Å²) < 4.78 is 0. The Morgan fingerprint density at radius 2 is 2.04 bits per heavy atom. The number of rotatable bonds is 3. The lowest BCUT2D eigenvalue weighted by Gasteiger charge is -2.36. The number of likely N-dealkylation sites (tertiary alicyclic amines) is 1. The van der Waals surface area contributed by atoms with Gasteiger partial charge in [-0.1, -0.05) is 20.8 Å². The molecule has 1 amide bonds. The minimum atomic E-state index is -0.358. The van der Waals surface area contributed by atoms with Crippen LogP contribution in [0.3, 0.4) is 0 Å². The Bertz CT molecular complexity index is 798. The number of amides is 1. The maximum Gasteiger partial charge on any atom is 0.227 e. The molecule has 1 saturated heterocycles. The van der Waals surface area contributed by atoms with Gasteiger partial charge in [0, 0.05) is 62.5 Å². The van der Waals surface area contributed by atoms with E-state index in [1.54, 1.807) is 12.4 Å². The lowest BCUT2D eigenvalue weighted by atomic mass is 9.90. The highest BCUT2D eigenvalue weighted by Gasteiger charge is 2.32. The van der Waals surface area contributed by atoms with Gasteiger partial charge in [0.25, 0.3) is 0 Å². The van der Waals surface area contributed by atoms with Crippen LogP contribution in [0.4, 0.5) is 5.82 Å². The van der Waals surface area contributed by atoms with Crippen LogP contribution in [0.5, 0.6) is 0 Å². The molecule has 2 aromatic heterocycles. The molecule has 1 atom stereocenters. The van der Waals surface area contributed by atoms with E-state index in [-0.39, 0.29) is 17.2 Å². The van der Waals surface area contributed by atoms with Crippen molar-refractivity contribution in [3.8, 4) is 11.4 Å². The van der Waals surface area contributed by atoms with Crippen LogP contribution in [-0.4, -0.2) is 52.9 Å². The second kappa shape index (κ2) is 7.62. The molecule has 0 radical (unpaired) electrons. The van der Waals surface area contributed by atoms with Crippen LogP contribution in [0.25, 0.3) is 11.4 Å². The van der Waals surface area contributed by atoms with E-state index in [4.69, 9.17) is 4.98 Å². The van der Waals surface area contributed by atoms with E-state index in [1.807, 2.05) is 56.8 Å². The fourth-order valence-electron chi connectivity index (χ4n) is 3.39. The molecule has 0 aromatic carbocycles. The summed E-state index contributed by atoms with van der Waals surface area (Å²) in [4.78, 5) is 30.5. The molecule has 3 heterocycles. The Morgan fingerprint density at radius 3 is 2.67 bits per heavy atom. The van der Waals surface area contributed by atoms with Gasteiger partial charge < -0.3 is 9.80 Å². The highest BCUT2D eigenvalue weighted by molar-refractivity contribution is 5.81. The fourth-order valence-corrected chi connectivity index (χ4v) is 3.39. The van der Waals surface area contributed by atoms with Gasteiger partial charge in [-0.3, -0.25) is 9.78 Å². The first kappa shape index (κ1) is 19.3. The molecule has 6 nitrogen and oxygen atoms in total. The summed E-state index contributed by atoms with van der Waals surface area (Å²) in [5, 5.41) is 0. The Hall–Kier alpha value is -2.50. The number of anilines is 1. The lowest BCUT2D eigenvalue weighted by Crippen LogP contribution is -2.44. The minimum Gasteiger partial charge on any atom is -0.363 e. The van der Waals surface area contributed by atoms with Gasteiger partial charge in [-0.25, -0.2) is 9.97 Å². The first-order valence-electron chi connectivity index (χ1n) is 9.52. The Balaban J connectivity index is 1.93. The van der Waals surface area contributed by atoms with Crippen LogP contribution in [0.2, 0.25) is 0 Å². The molecular formula is C21H29N5O. The van der Waals surface area contributed by atoms with Gasteiger partial charge in [0.05, 0.1) is 5.69 Å². The molecule has 1 unspecified atom stereocenters. The van der Waals surface area contributed by atoms with Gasteiger partial charge in [-0.2, -0.15) is 0 Å². The van der Waals surface area contributed by atoms with E-state index in [0.717, 1.165) is 36.5 Å². The number of nitrogens with zero attached hydrogens (tertiary/aromatic N) is 5. The van der Waals surface area contributed by atoms with Gasteiger partial charge >= 0.3 is 0 Å². The average Bonchev–Trinajstić information content (AvgIpc) is 2.67. The van der Waals surface area contributed by atoms with E-state index in [0.29, 0.717) is 12.4 Å². The summed E-state index contributed by atoms with van der Waals surface area (Å²) in [6, 6.07) is 5.92. The molecule has 3 rings (SSSR count). The third-order valence-electron chi connectivity index (χ3n) is 4.88. The summed E-state index contributed by atoms with van der Waals surface area (Å²) in [6.45, 7) is 7.48. The summed E-state index contributed by atoms with van der Waals surface area (Å²) >= 11 is 0. The first-order chi connectivity index (χ1) is 12.8. The number of aromatic nitrogens is 3. The van der Waals surface area contributed by atoms with Crippen LogP contribution in [0.15, 0.2) is 30.6 Å². The summed E-state index contributed by atoms with van der Waals surface area (Å²) in [6.07, 6.45) is 5.56. The maximum atomic E-state index is 12.7. The van der Waals surface area contributed by atoms with Crippen molar-refractivity contribution in [3.05, 3.63) is 36.3 Å². The fraction of sp³-hybridized carbons (Fsp3) is 0.524. The lowest BCUT2D eigenvalue weighted by molar-refractivity contribution is -0.140. The molecule has 0 spiro atoms. The number of carbonyl (C=O) groups is 1. The summed E-state index contributed by atoms with van der Waals surface area (Å²) in [7, 11) is 3.96. The molecule has 144 valence electrons. The SMILES string of the molecule is CN(C)c1cc(C2CCCN(C(=O)C(C)(C)C)C2)nc(-c2cccnc2)n1. The van der Waals surface area contributed by atoms with E-state index in [2.05, 4.69) is 16.0 Å². The predicted octanol–water partition coefficient (Wildman–Crippen LogP) is 3.36. The quantitative estimate of drug-likeness (QED) is 0.832. The van der Waals surface area contributed by atoms with Gasteiger partial charge in [-0.05, 0) is 25.0 Å². The first-order valence-corrected chi connectivity index (χ1v) is 9.52. The molecule has 1 aliphatic rings. The number of pyridine rings is 1. The van der Waals surface area contributed by atoms with Gasteiger partial charge in [-0.15, -0.1) is 0 Å². The van der Waals surface area contributed by atoms with E-state index in [1.165, 1.54) is 0 Å². The van der Waals surface area contributed by atoms with E-state index >= 15 is 0 Å². The molecule has 6 heteroatoms. The molecule has 1 aliphatic heterocycles. The van der Waals surface area contributed by atoms with Crippen molar-refractivity contribution in [2.24, 2.45) is 5.41 Å². The average molecular weight is 367 g/mol. The van der Waals surface area contributed by atoms with Gasteiger partial charge in [0.2, 0.25) is 5.91 Å². The summed E-state index contributed by atoms with van der Waals surface area (Å²) in [5.41, 5.74) is 1.54. The second-order valence-corrected chi connectivity index (χ2v) is 8.45. The molecule has 1 fully saturated rings. The monoisotopic (exact) mass is 367 g/mol. The number of hydrogen-bond donors (Lipinski definition) is 0. The maximum absolute atomic E-state index is 12.7. The van der Waals surface area contributed by atoms with Crippen molar-refractivity contribution in [3.63, 3.8) is 0 Å². The molecule has 2 aromatic rings. The number of piperidine rings is 1. The molecule has 0 bridgehead atoms. The predicted molar refractivity (Wildman–Crippen MR) is 108 cm³/mol. The standard InChI is InChI=1S/C21H29N5O/c1-21(2,3)20(27)26-11-7-9-16(14-26)17-12-18(25(4)5)24-19(23-17)15-8-6-10-22-13-15/h6,8,10,12-13,16H,7,9,11,14H2,1-5H3. The normalized spacial score (nSPS) is 17.7. The van der Waals surface area contributed by atoms with Crippen molar-refractivity contribution < 1.29 is 4.79 Å². The van der Waals surface area contributed by atoms with Crippen LogP contribution in [0, 0.1) is 5.41 Å². The third kappa shape index (κ3) is 4.43. The highest BCUT2D eigenvalue weighted by Crippen LogP contribution is 2.31. The van der Waals surface area contributed by atoms with Crippen LogP contribution in [0.1, 0.15) is 45.2 Å². The second-order valence-electron chi connectivity index (χ2n) is 8.45. The van der Waals surface area contributed by atoms with Crippen molar-refractivity contribution >= 4 is 11.7 Å². The number of hydrogen-bond acceptors (Lipinski definition) is 5. The minimum absolute atomic E-state index is 0.210. The van der Waals surface area contributed by atoms with Crippen molar-refractivity contribution in [1.82, 2.24) is 19.9 Å². The molecule has 0 saturated carbocycles. The van der Waals surface area contributed by atoms with Crippen LogP contribution >= 0.6 is 0 Å². The van der Waals surface area contributed by atoms with E-state index in [9.17, 15) is 4.79 Å². The zero-order valence-corrected chi connectivity index (χ0v) is 16.9.